The van der Waals surface area contributed by atoms with Gasteiger partial charge in [0, 0.05) is 33.4 Å². The monoisotopic (exact) mass is 625 g/mol. The molecule has 2 spiro atoms. The molecule has 2 saturated carbocycles. The van der Waals surface area contributed by atoms with Crippen molar-refractivity contribution in [1.29, 1.82) is 0 Å². The number of benzene rings is 3. The summed E-state index contributed by atoms with van der Waals surface area (Å²) in [7, 11) is 0. The number of hydrogen-bond donors (Lipinski definition) is 0. The Kier molecular flexibility index (Phi) is 6.61. The third kappa shape index (κ3) is 4.15. The molecule has 0 aliphatic heterocycles. The largest absolute Gasteiger partial charge is 0.208 e. The summed E-state index contributed by atoms with van der Waals surface area (Å²) in [5, 5.41) is 0. The zero-order chi connectivity index (χ0) is 31.7. The maximum Gasteiger partial charge on any atom is 0.164 e. The molecule has 6 aliphatic carbocycles. The van der Waals surface area contributed by atoms with Crippen LogP contribution in [0.5, 0.6) is 0 Å². The number of fused-ring (bicyclic) bond motifs is 9. The highest BCUT2D eigenvalue weighted by atomic mass is 15.0. The van der Waals surface area contributed by atoms with Gasteiger partial charge in [-0.15, -0.1) is 0 Å². The van der Waals surface area contributed by atoms with Gasteiger partial charge in [-0.1, -0.05) is 142 Å². The third-order valence-corrected chi connectivity index (χ3v) is 12.9. The fraction of sp³-hybridized carbons (Fsp3) is 0.356. The van der Waals surface area contributed by atoms with Gasteiger partial charge >= 0.3 is 0 Å². The molecule has 3 nitrogen and oxygen atoms in total. The molecule has 0 saturated heterocycles. The van der Waals surface area contributed by atoms with Gasteiger partial charge in [-0.25, -0.2) is 15.0 Å². The van der Waals surface area contributed by atoms with E-state index >= 15 is 0 Å². The predicted octanol–water partition coefficient (Wildman–Crippen LogP) is 11.1. The van der Waals surface area contributed by atoms with Crippen molar-refractivity contribution in [3.05, 3.63) is 142 Å². The van der Waals surface area contributed by atoms with Gasteiger partial charge in [0.2, 0.25) is 0 Å². The maximum absolute atomic E-state index is 5.30. The van der Waals surface area contributed by atoms with Crippen LogP contribution in [0.1, 0.15) is 99.9 Å². The van der Waals surface area contributed by atoms with Gasteiger partial charge in [0.25, 0.3) is 0 Å². The summed E-state index contributed by atoms with van der Waals surface area (Å²) in [4.78, 5) is 15.7. The van der Waals surface area contributed by atoms with Crippen LogP contribution in [0.15, 0.2) is 125 Å². The molecule has 48 heavy (non-hydrogen) atoms. The number of nitrogens with zero attached hydrogens (tertiary/aromatic N) is 3. The Hall–Kier alpha value is -4.37. The predicted molar refractivity (Wildman–Crippen MR) is 194 cm³/mol. The van der Waals surface area contributed by atoms with Gasteiger partial charge in [0.05, 0.1) is 0 Å². The van der Waals surface area contributed by atoms with E-state index in [1.54, 1.807) is 33.4 Å². The summed E-state index contributed by atoms with van der Waals surface area (Å²) < 4.78 is 0. The highest BCUT2D eigenvalue weighted by Crippen LogP contribution is 2.68. The molecule has 3 heteroatoms. The Labute approximate surface area is 284 Å². The van der Waals surface area contributed by atoms with E-state index in [0.717, 1.165) is 41.4 Å². The summed E-state index contributed by atoms with van der Waals surface area (Å²) in [6.45, 7) is 0. The van der Waals surface area contributed by atoms with E-state index in [4.69, 9.17) is 15.0 Å². The second-order valence-electron chi connectivity index (χ2n) is 15.2. The molecule has 238 valence electrons. The molecule has 10 rings (SSSR count). The minimum atomic E-state index is 0.0420. The van der Waals surface area contributed by atoms with Crippen molar-refractivity contribution in [2.45, 2.75) is 88.4 Å². The Morgan fingerprint density at radius 2 is 1.17 bits per heavy atom. The lowest BCUT2D eigenvalue weighted by molar-refractivity contribution is 0.230. The van der Waals surface area contributed by atoms with Crippen molar-refractivity contribution in [3.8, 4) is 22.8 Å². The van der Waals surface area contributed by atoms with Crippen molar-refractivity contribution in [3.63, 3.8) is 0 Å². The molecule has 2 atom stereocenters. The third-order valence-electron chi connectivity index (χ3n) is 12.9. The summed E-state index contributed by atoms with van der Waals surface area (Å²) in [6.07, 6.45) is 23.3. The molecule has 6 aliphatic rings. The molecule has 0 amide bonds. The Balaban J connectivity index is 1.17. The van der Waals surface area contributed by atoms with Crippen molar-refractivity contribution in [1.82, 2.24) is 15.0 Å². The average Bonchev–Trinajstić information content (AvgIpc) is 3.58. The van der Waals surface area contributed by atoms with E-state index in [2.05, 4.69) is 103 Å². The van der Waals surface area contributed by atoms with Crippen molar-refractivity contribution < 1.29 is 0 Å². The molecule has 3 aromatic carbocycles. The number of rotatable bonds is 3. The summed E-state index contributed by atoms with van der Waals surface area (Å²) in [6, 6.07) is 30.5. The average molecular weight is 626 g/mol. The molecule has 4 aromatic rings. The molecule has 1 aromatic heterocycles. The Bertz CT molecular complexity index is 1980. The number of hydrogen-bond acceptors (Lipinski definition) is 3. The zero-order valence-corrected chi connectivity index (χ0v) is 27.8. The van der Waals surface area contributed by atoms with Crippen LogP contribution in [-0.4, -0.2) is 15.0 Å². The van der Waals surface area contributed by atoms with Crippen LogP contribution in [0.3, 0.4) is 0 Å². The van der Waals surface area contributed by atoms with Crippen molar-refractivity contribution in [2.75, 3.05) is 0 Å². The number of aromatic nitrogens is 3. The van der Waals surface area contributed by atoms with Crippen LogP contribution >= 0.6 is 0 Å². The van der Waals surface area contributed by atoms with Crippen molar-refractivity contribution in [2.24, 2.45) is 11.3 Å². The first-order chi connectivity index (χ1) is 23.8. The lowest BCUT2D eigenvalue weighted by Crippen LogP contribution is -2.36. The van der Waals surface area contributed by atoms with E-state index in [1.807, 2.05) is 0 Å². The van der Waals surface area contributed by atoms with Gasteiger partial charge in [-0.2, -0.15) is 0 Å². The van der Waals surface area contributed by atoms with Crippen LogP contribution in [0.25, 0.3) is 28.3 Å². The van der Waals surface area contributed by atoms with Gasteiger partial charge < -0.3 is 0 Å². The SMILES string of the molecule is C1=C2C(=CC3c4ccccc4C4(CCCCC4)C13)C1(CCCCC1)C1=C2CCC=C1c1nc(-c2ccccc2)nc(-c2ccccc2)n1. The van der Waals surface area contributed by atoms with Crippen LogP contribution in [0, 0.1) is 11.3 Å². The van der Waals surface area contributed by atoms with Gasteiger partial charge in [-0.05, 0) is 77.9 Å². The van der Waals surface area contributed by atoms with Crippen LogP contribution in [-0.2, 0) is 5.41 Å². The summed E-state index contributed by atoms with van der Waals surface area (Å²) >= 11 is 0. The number of allylic oxidation sites excluding steroid dienone is 8. The summed E-state index contributed by atoms with van der Waals surface area (Å²) in [5.74, 6) is 3.39. The second-order valence-corrected chi connectivity index (χ2v) is 15.2. The maximum atomic E-state index is 5.30. The quantitative estimate of drug-likeness (QED) is 0.227. The highest BCUT2D eigenvalue weighted by Gasteiger charge is 2.56. The van der Waals surface area contributed by atoms with E-state index in [1.165, 1.54) is 69.8 Å². The van der Waals surface area contributed by atoms with Gasteiger partial charge in [0.15, 0.2) is 17.5 Å². The highest BCUT2D eigenvalue weighted by molar-refractivity contribution is 5.88. The molecule has 2 fully saturated rings. The van der Waals surface area contributed by atoms with E-state index in [9.17, 15) is 0 Å². The zero-order valence-electron chi connectivity index (χ0n) is 27.8. The molecule has 0 N–H and O–H groups in total. The van der Waals surface area contributed by atoms with E-state index in [0.29, 0.717) is 11.8 Å². The van der Waals surface area contributed by atoms with E-state index < -0.39 is 0 Å². The molecular formula is C45H43N3. The molecule has 0 bridgehead atoms. The first-order valence-corrected chi connectivity index (χ1v) is 18.6. The van der Waals surface area contributed by atoms with E-state index in [-0.39, 0.29) is 10.8 Å². The van der Waals surface area contributed by atoms with Gasteiger partial charge in [-0.3, -0.25) is 0 Å². The minimum Gasteiger partial charge on any atom is -0.208 e. The topological polar surface area (TPSA) is 38.7 Å². The fourth-order valence-electron chi connectivity index (χ4n) is 10.9. The van der Waals surface area contributed by atoms with Gasteiger partial charge in [0.1, 0.15) is 0 Å². The molecule has 0 radical (unpaired) electrons. The second kappa shape index (κ2) is 11.1. The lowest BCUT2D eigenvalue weighted by atomic mass is 9.60. The molecular weight excluding hydrogens is 583 g/mol. The summed E-state index contributed by atoms with van der Waals surface area (Å²) in [5.41, 5.74) is 13.3. The molecule has 2 unspecified atom stereocenters. The molecule has 1 heterocycles. The first-order valence-electron chi connectivity index (χ1n) is 18.6. The van der Waals surface area contributed by atoms with Crippen LogP contribution < -0.4 is 0 Å². The van der Waals surface area contributed by atoms with Crippen LogP contribution in [0.4, 0.5) is 0 Å². The minimum absolute atomic E-state index is 0.0420. The lowest BCUT2D eigenvalue weighted by Gasteiger charge is -2.43. The standard InChI is InChI=1S/C45H43N3/c1-5-16-30(17-6-1)41-46-42(31-18-7-2-8-19-31)48-43(47-41)34-22-15-21-33-36-29-38-35(28-39(36)45(40(33)34)26-13-4-14-27-45)32-20-9-10-23-37(32)44(38)24-11-3-12-25-44/h1-2,5-10,16-20,22-23,28-29,35,38H,3-4,11-15,21,24-27H2. The smallest absolute Gasteiger partial charge is 0.164 e. The normalized spacial score (nSPS) is 24.7. The van der Waals surface area contributed by atoms with Crippen molar-refractivity contribution >= 4 is 5.57 Å². The Morgan fingerprint density at radius 1 is 0.562 bits per heavy atom. The first kappa shape index (κ1) is 28.6. The van der Waals surface area contributed by atoms with Crippen LogP contribution in [0.2, 0.25) is 0 Å². The Morgan fingerprint density at radius 3 is 1.85 bits per heavy atom. The fourth-order valence-corrected chi connectivity index (χ4v) is 10.9.